The van der Waals surface area contributed by atoms with Gasteiger partial charge < -0.3 is 42.6 Å². The quantitative estimate of drug-likeness (QED) is 0.0520. The van der Waals surface area contributed by atoms with E-state index in [0.717, 1.165) is 0 Å². The van der Waals surface area contributed by atoms with Crippen LogP contribution in [0, 0.1) is 0 Å². The van der Waals surface area contributed by atoms with Crippen molar-refractivity contribution in [2.45, 2.75) is 62.9 Å². The highest BCUT2D eigenvalue weighted by Crippen LogP contribution is 2.18. The zero-order valence-corrected chi connectivity index (χ0v) is 18.5. The first-order chi connectivity index (χ1) is 14.6. The molecule has 0 saturated carbocycles. The summed E-state index contributed by atoms with van der Waals surface area (Å²) in [6, 6.07) is -3.83. The van der Waals surface area contributed by atoms with Gasteiger partial charge in [0.15, 0.2) is 5.96 Å². The number of carbonyl (C=O) groups excluding carboxylic acids is 4. The summed E-state index contributed by atoms with van der Waals surface area (Å²) in [5.41, 5.74) is 16.2. The summed E-state index contributed by atoms with van der Waals surface area (Å²) in [5, 5.41) is 14.9. The van der Waals surface area contributed by atoms with Crippen molar-refractivity contribution >= 4 is 42.6 Å². The Hall–Kier alpha value is -2.38. The monoisotopic (exact) mass is 459 g/mol. The number of aliphatic hydroxyl groups is 1. The van der Waals surface area contributed by atoms with Gasteiger partial charge in [0.25, 0.3) is 0 Å². The average molecular weight is 460 g/mol. The van der Waals surface area contributed by atoms with Crippen LogP contribution in [0.5, 0.6) is 0 Å². The van der Waals surface area contributed by atoms with Crippen LogP contribution in [0.3, 0.4) is 0 Å². The Balaban J connectivity index is 2.95. The van der Waals surface area contributed by atoms with Crippen LogP contribution in [0.2, 0.25) is 0 Å². The molecule has 1 aliphatic rings. The molecular weight excluding hydrogens is 426 g/mol. The third kappa shape index (κ3) is 8.34. The minimum atomic E-state index is -1.33. The Bertz CT molecular complexity index is 672. The molecule has 176 valence electrons. The number of nitrogens with zero attached hydrogens (tertiary/aromatic N) is 2. The van der Waals surface area contributed by atoms with Crippen molar-refractivity contribution < 1.29 is 24.3 Å². The molecule has 0 aromatic carbocycles. The molecular formula is C18H33N7O5S. The van der Waals surface area contributed by atoms with Gasteiger partial charge in [0.2, 0.25) is 17.7 Å². The van der Waals surface area contributed by atoms with E-state index in [-0.39, 0.29) is 24.7 Å². The molecule has 12 nitrogen and oxygen atoms in total. The fourth-order valence-corrected chi connectivity index (χ4v) is 3.34. The Kier molecular flexibility index (Phi) is 11.3. The third-order valence-electron chi connectivity index (χ3n) is 4.90. The smallest absolute Gasteiger partial charge is 0.245 e. The van der Waals surface area contributed by atoms with Crippen molar-refractivity contribution in [3.05, 3.63) is 0 Å². The number of nitrogens with one attached hydrogen (secondary N) is 2. The highest BCUT2D eigenvalue weighted by Gasteiger charge is 2.35. The molecule has 0 bridgehead atoms. The predicted octanol–water partition coefficient (Wildman–Crippen LogP) is -3.16. The first-order valence-electron chi connectivity index (χ1n) is 10.1. The summed E-state index contributed by atoms with van der Waals surface area (Å²) >= 11 is 3.94. The number of rotatable bonds is 12. The Morgan fingerprint density at radius 3 is 2.52 bits per heavy atom. The Morgan fingerprint density at radius 2 is 1.97 bits per heavy atom. The van der Waals surface area contributed by atoms with E-state index < -0.39 is 48.0 Å². The predicted molar refractivity (Wildman–Crippen MR) is 118 cm³/mol. The van der Waals surface area contributed by atoms with E-state index >= 15 is 0 Å². The molecule has 13 heteroatoms. The van der Waals surface area contributed by atoms with Crippen molar-refractivity contribution in [3.63, 3.8) is 0 Å². The molecule has 0 unspecified atom stereocenters. The fraction of sp³-hybridized carbons (Fsp3) is 0.722. The number of guanidine groups is 1. The minimum absolute atomic E-state index is 0.0495. The van der Waals surface area contributed by atoms with E-state index in [1.54, 1.807) is 0 Å². The minimum Gasteiger partial charge on any atom is -0.391 e. The molecule has 0 spiro atoms. The first kappa shape index (κ1) is 26.7. The van der Waals surface area contributed by atoms with Crippen LogP contribution in [-0.2, 0) is 19.2 Å². The van der Waals surface area contributed by atoms with Crippen molar-refractivity contribution in [2.75, 3.05) is 18.8 Å². The second kappa shape index (κ2) is 13.1. The van der Waals surface area contributed by atoms with Gasteiger partial charge in [-0.2, -0.15) is 12.6 Å². The molecule has 3 amide bonds. The summed E-state index contributed by atoms with van der Waals surface area (Å²) in [7, 11) is 0. The molecule has 5 atom stereocenters. The molecule has 31 heavy (non-hydrogen) atoms. The number of aliphatic imine (C=N–C) groups is 1. The zero-order valence-electron chi connectivity index (χ0n) is 17.6. The van der Waals surface area contributed by atoms with Crippen LogP contribution in [0.4, 0.5) is 0 Å². The van der Waals surface area contributed by atoms with Crippen LogP contribution in [0.15, 0.2) is 4.99 Å². The van der Waals surface area contributed by atoms with Gasteiger partial charge in [-0.05, 0) is 32.6 Å². The molecule has 0 aromatic heterocycles. The lowest BCUT2D eigenvalue weighted by Gasteiger charge is -2.29. The lowest BCUT2D eigenvalue weighted by Crippen LogP contribution is -2.59. The highest BCUT2D eigenvalue weighted by atomic mass is 32.1. The average Bonchev–Trinajstić information content (AvgIpc) is 3.20. The number of aldehydes is 1. The first-order valence-corrected chi connectivity index (χ1v) is 10.7. The summed E-state index contributed by atoms with van der Waals surface area (Å²) in [6.07, 6.45) is 1.27. The number of likely N-dealkylation sites (tertiary alicyclic amines) is 1. The second-order valence-electron chi connectivity index (χ2n) is 7.40. The van der Waals surface area contributed by atoms with Gasteiger partial charge in [-0.3, -0.25) is 19.4 Å². The third-order valence-corrected chi connectivity index (χ3v) is 5.29. The molecule has 1 fully saturated rings. The van der Waals surface area contributed by atoms with Crippen LogP contribution in [-0.4, -0.2) is 89.1 Å². The van der Waals surface area contributed by atoms with Gasteiger partial charge in [-0.15, -0.1) is 0 Å². The lowest BCUT2D eigenvalue weighted by atomic mass is 10.1. The second-order valence-corrected chi connectivity index (χ2v) is 7.77. The SMILES string of the molecule is C[C@@H](O)[C@H](NC(=O)[C@@H](N)CS)C(=O)N[C@@H](CCCN=C(N)N)C(=O)N1CCC[C@H]1C=O. The van der Waals surface area contributed by atoms with E-state index in [4.69, 9.17) is 17.2 Å². The van der Waals surface area contributed by atoms with Crippen molar-refractivity contribution in [1.82, 2.24) is 15.5 Å². The molecule has 1 saturated heterocycles. The highest BCUT2D eigenvalue weighted by molar-refractivity contribution is 7.80. The Labute approximate surface area is 186 Å². The summed E-state index contributed by atoms with van der Waals surface area (Å²) in [5.74, 6) is -1.88. The van der Waals surface area contributed by atoms with Gasteiger partial charge in [0, 0.05) is 18.8 Å². The van der Waals surface area contributed by atoms with Crippen molar-refractivity contribution in [2.24, 2.45) is 22.2 Å². The standard InChI is InChI=1S/C18H33N7O5S/c1-10(27)14(24-15(28)12(19)9-31)16(29)23-13(5-2-6-22-18(20)21)17(30)25-7-3-4-11(25)8-26/h8,10-14,27,31H,2-7,9,19H2,1H3,(H,23,29)(H,24,28)(H4,20,21,22)/t10-,11+,12+,13+,14+/m1/s1. The molecule has 0 aliphatic carbocycles. The molecule has 0 aromatic rings. The number of nitrogens with two attached hydrogens (primary N) is 3. The van der Waals surface area contributed by atoms with Crippen LogP contribution in [0.1, 0.15) is 32.6 Å². The normalized spacial score (nSPS) is 19.6. The largest absolute Gasteiger partial charge is 0.391 e. The van der Waals surface area contributed by atoms with Gasteiger partial charge >= 0.3 is 0 Å². The number of amides is 3. The van der Waals surface area contributed by atoms with E-state index in [9.17, 15) is 24.3 Å². The van der Waals surface area contributed by atoms with E-state index in [1.165, 1.54) is 11.8 Å². The van der Waals surface area contributed by atoms with E-state index in [2.05, 4.69) is 28.3 Å². The van der Waals surface area contributed by atoms with Crippen molar-refractivity contribution in [3.8, 4) is 0 Å². The fourth-order valence-electron chi connectivity index (χ4n) is 3.18. The van der Waals surface area contributed by atoms with Crippen molar-refractivity contribution in [1.29, 1.82) is 0 Å². The molecule has 9 N–H and O–H groups in total. The van der Waals surface area contributed by atoms with Gasteiger partial charge in [0.05, 0.1) is 18.2 Å². The molecule has 1 rings (SSSR count). The summed E-state index contributed by atoms with van der Waals surface area (Å²) in [6.45, 7) is 1.97. The van der Waals surface area contributed by atoms with Crippen LogP contribution >= 0.6 is 12.6 Å². The molecule has 1 aliphatic heterocycles. The number of hydrogen-bond donors (Lipinski definition) is 7. The maximum atomic E-state index is 13.0. The number of thiol groups is 1. The topological polar surface area (TPSA) is 206 Å². The molecule has 1 heterocycles. The summed E-state index contributed by atoms with van der Waals surface area (Å²) < 4.78 is 0. The van der Waals surface area contributed by atoms with E-state index in [1.807, 2.05) is 0 Å². The number of carbonyl (C=O) groups is 4. The van der Waals surface area contributed by atoms with Gasteiger partial charge in [0.1, 0.15) is 18.4 Å². The summed E-state index contributed by atoms with van der Waals surface area (Å²) in [4.78, 5) is 54.4. The number of hydrogen-bond acceptors (Lipinski definition) is 8. The van der Waals surface area contributed by atoms with E-state index in [0.29, 0.717) is 32.1 Å². The zero-order chi connectivity index (χ0) is 23.6. The maximum absolute atomic E-state index is 13.0. The number of aliphatic hydroxyl groups excluding tert-OH is 1. The van der Waals surface area contributed by atoms with Gasteiger partial charge in [-0.25, -0.2) is 0 Å². The maximum Gasteiger partial charge on any atom is 0.245 e. The lowest BCUT2D eigenvalue weighted by molar-refractivity contribution is -0.140. The van der Waals surface area contributed by atoms with Gasteiger partial charge in [-0.1, -0.05) is 0 Å². The Morgan fingerprint density at radius 1 is 1.29 bits per heavy atom. The van der Waals surface area contributed by atoms with Crippen LogP contribution < -0.4 is 27.8 Å². The van der Waals surface area contributed by atoms with Crippen LogP contribution in [0.25, 0.3) is 0 Å². The molecule has 0 radical (unpaired) electrons.